The summed E-state index contributed by atoms with van der Waals surface area (Å²) in [6, 6.07) is 3.58. The normalized spacial score (nSPS) is 27.1. The maximum absolute atomic E-state index is 12.4. The molecule has 1 N–H and O–H groups in total. The first kappa shape index (κ1) is 14.1. The Morgan fingerprint density at radius 1 is 1.33 bits per heavy atom. The van der Waals surface area contributed by atoms with Crippen molar-refractivity contribution in [1.82, 2.24) is 0 Å². The van der Waals surface area contributed by atoms with Gasteiger partial charge in [-0.05, 0) is 31.0 Å². The Bertz CT molecular complexity index is 548. The zero-order valence-corrected chi connectivity index (χ0v) is 11.0. The van der Waals surface area contributed by atoms with E-state index in [2.05, 4.69) is 4.74 Å². The number of ether oxygens (including phenoxy) is 3. The summed E-state index contributed by atoms with van der Waals surface area (Å²) in [7, 11) is 0. The van der Waals surface area contributed by atoms with E-state index in [-0.39, 0.29) is 35.4 Å². The molecule has 0 aromatic heterocycles. The van der Waals surface area contributed by atoms with Crippen LogP contribution in [0.5, 0.6) is 11.5 Å². The van der Waals surface area contributed by atoms with Crippen LogP contribution >= 0.6 is 0 Å². The molecule has 21 heavy (non-hydrogen) atoms. The number of carboxylic acid groups (broad SMARTS) is 1. The van der Waals surface area contributed by atoms with Gasteiger partial charge >= 0.3 is 12.6 Å². The number of benzene rings is 1. The molecule has 2 heterocycles. The van der Waals surface area contributed by atoms with E-state index in [1.165, 1.54) is 18.2 Å². The molecule has 0 aliphatic carbocycles. The number of aromatic carboxylic acids is 1. The van der Waals surface area contributed by atoms with Gasteiger partial charge in [0.25, 0.3) is 0 Å². The lowest BCUT2D eigenvalue weighted by atomic mass is 9.98. The van der Waals surface area contributed by atoms with Gasteiger partial charge < -0.3 is 19.3 Å². The minimum Gasteiger partial charge on any atom is -0.484 e. The lowest BCUT2D eigenvalue weighted by Crippen LogP contribution is -2.28. The fourth-order valence-electron chi connectivity index (χ4n) is 2.80. The first-order chi connectivity index (χ1) is 10.0. The summed E-state index contributed by atoms with van der Waals surface area (Å²) >= 11 is 0. The Hall–Kier alpha value is -1.89. The van der Waals surface area contributed by atoms with Crippen molar-refractivity contribution >= 4 is 5.97 Å². The molecule has 5 nitrogen and oxygen atoms in total. The first-order valence-electron chi connectivity index (χ1n) is 6.67. The Balaban J connectivity index is 1.83. The molecular formula is C14H14F2O5. The summed E-state index contributed by atoms with van der Waals surface area (Å²) in [5.74, 6) is -1.32. The average molecular weight is 300 g/mol. The van der Waals surface area contributed by atoms with Crippen LogP contribution in [-0.4, -0.2) is 36.0 Å². The molecular weight excluding hydrogens is 286 g/mol. The van der Waals surface area contributed by atoms with Gasteiger partial charge in [0, 0.05) is 6.42 Å². The second-order valence-electron chi connectivity index (χ2n) is 5.11. The molecule has 2 aliphatic rings. The highest BCUT2D eigenvalue weighted by Gasteiger charge is 2.42. The molecule has 2 fully saturated rings. The molecule has 3 rings (SSSR count). The van der Waals surface area contributed by atoms with E-state index in [9.17, 15) is 13.6 Å². The molecule has 0 amide bonds. The quantitative estimate of drug-likeness (QED) is 0.905. The van der Waals surface area contributed by atoms with E-state index in [0.717, 1.165) is 12.8 Å². The Morgan fingerprint density at radius 3 is 2.71 bits per heavy atom. The molecule has 2 aliphatic heterocycles. The molecule has 0 spiro atoms. The summed E-state index contributed by atoms with van der Waals surface area (Å²) in [4.78, 5) is 11.0. The number of hydrogen-bond acceptors (Lipinski definition) is 4. The first-order valence-corrected chi connectivity index (χ1v) is 6.67. The van der Waals surface area contributed by atoms with E-state index in [4.69, 9.17) is 14.6 Å². The third-order valence-electron chi connectivity index (χ3n) is 3.74. The van der Waals surface area contributed by atoms with Gasteiger partial charge in [0.2, 0.25) is 0 Å². The molecule has 7 heteroatoms. The summed E-state index contributed by atoms with van der Waals surface area (Å²) in [6.45, 7) is -3.00. The maximum atomic E-state index is 12.4. The Kier molecular flexibility index (Phi) is 3.67. The second-order valence-corrected chi connectivity index (χ2v) is 5.11. The number of alkyl halides is 2. The van der Waals surface area contributed by atoms with Crippen LogP contribution in [0.15, 0.2) is 18.2 Å². The molecule has 3 unspecified atom stereocenters. The standard InChI is InChI=1S/C14H14F2O5/c15-14(16)21-10-3-1-7(13(17)18)5-11(10)20-12-6-8-2-4-9(12)19-8/h1,3,5,8-9,12,14H,2,4,6H2,(H,17,18). The van der Waals surface area contributed by atoms with Crippen LogP contribution in [0.2, 0.25) is 0 Å². The second kappa shape index (κ2) is 5.48. The van der Waals surface area contributed by atoms with Crippen molar-refractivity contribution in [3.8, 4) is 11.5 Å². The molecule has 114 valence electrons. The number of carboxylic acids is 1. The molecule has 0 saturated carbocycles. The van der Waals surface area contributed by atoms with E-state index in [1.54, 1.807) is 0 Å². The van der Waals surface area contributed by atoms with Gasteiger partial charge in [-0.25, -0.2) is 4.79 Å². The molecule has 0 radical (unpaired) electrons. The lowest BCUT2D eigenvalue weighted by molar-refractivity contribution is -0.0525. The van der Waals surface area contributed by atoms with Crippen LogP contribution < -0.4 is 9.47 Å². The van der Waals surface area contributed by atoms with Gasteiger partial charge in [0.05, 0.1) is 17.8 Å². The summed E-state index contributed by atoms with van der Waals surface area (Å²) in [5, 5.41) is 8.98. The SMILES string of the molecule is O=C(O)c1ccc(OC(F)F)c(OC2CC3CCC2O3)c1. The lowest BCUT2D eigenvalue weighted by Gasteiger charge is -2.22. The van der Waals surface area contributed by atoms with Crippen molar-refractivity contribution in [2.75, 3.05) is 0 Å². The number of rotatable bonds is 5. The number of carbonyl (C=O) groups is 1. The minimum absolute atomic E-state index is 0.0105. The summed E-state index contributed by atoms with van der Waals surface area (Å²) in [5.41, 5.74) is -0.0457. The van der Waals surface area contributed by atoms with E-state index in [1.807, 2.05) is 0 Å². The van der Waals surface area contributed by atoms with Crippen molar-refractivity contribution in [3.63, 3.8) is 0 Å². The number of hydrogen-bond donors (Lipinski definition) is 1. The highest BCUT2D eigenvalue weighted by molar-refractivity contribution is 5.88. The fourth-order valence-corrected chi connectivity index (χ4v) is 2.80. The Morgan fingerprint density at radius 2 is 2.14 bits per heavy atom. The minimum atomic E-state index is -3.00. The van der Waals surface area contributed by atoms with Crippen LogP contribution in [-0.2, 0) is 4.74 Å². The van der Waals surface area contributed by atoms with Crippen molar-refractivity contribution in [1.29, 1.82) is 0 Å². The zero-order chi connectivity index (χ0) is 15.0. The molecule has 2 bridgehead atoms. The van der Waals surface area contributed by atoms with Gasteiger partial charge in [-0.2, -0.15) is 8.78 Å². The van der Waals surface area contributed by atoms with Crippen LogP contribution in [0.4, 0.5) is 8.78 Å². The summed E-state index contributed by atoms with van der Waals surface area (Å²) in [6.07, 6.45) is 2.33. The van der Waals surface area contributed by atoms with Gasteiger partial charge in [0.1, 0.15) is 6.10 Å². The number of halogens is 2. The monoisotopic (exact) mass is 300 g/mol. The number of fused-ring (bicyclic) bond motifs is 2. The van der Waals surface area contributed by atoms with Crippen LogP contribution in [0.3, 0.4) is 0 Å². The van der Waals surface area contributed by atoms with Gasteiger partial charge in [-0.1, -0.05) is 0 Å². The average Bonchev–Trinajstić information content (AvgIpc) is 3.02. The van der Waals surface area contributed by atoms with Gasteiger partial charge in [-0.15, -0.1) is 0 Å². The predicted molar refractivity (Wildman–Crippen MR) is 67.0 cm³/mol. The van der Waals surface area contributed by atoms with E-state index < -0.39 is 12.6 Å². The van der Waals surface area contributed by atoms with Crippen molar-refractivity contribution in [3.05, 3.63) is 23.8 Å². The highest BCUT2D eigenvalue weighted by Crippen LogP contribution is 2.39. The third kappa shape index (κ3) is 2.92. The fraction of sp³-hybridized carbons (Fsp3) is 0.500. The largest absolute Gasteiger partial charge is 0.484 e. The highest BCUT2D eigenvalue weighted by atomic mass is 19.3. The summed E-state index contributed by atoms with van der Waals surface area (Å²) < 4.78 is 40.5. The van der Waals surface area contributed by atoms with Crippen molar-refractivity contribution in [2.45, 2.75) is 44.2 Å². The van der Waals surface area contributed by atoms with Crippen LogP contribution in [0.25, 0.3) is 0 Å². The molecule has 3 atom stereocenters. The molecule has 2 saturated heterocycles. The van der Waals surface area contributed by atoms with Gasteiger partial charge in [-0.3, -0.25) is 0 Å². The van der Waals surface area contributed by atoms with Crippen LogP contribution in [0, 0.1) is 0 Å². The predicted octanol–water partition coefficient (Wildman–Crippen LogP) is 2.68. The molecule has 1 aromatic rings. The smallest absolute Gasteiger partial charge is 0.387 e. The zero-order valence-electron chi connectivity index (χ0n) is 11.0. The van der Waals surface area contributed by atoms with E-state index >= 15 is 0 Å². The Labute approximate surface area is 119 Å². The van der Waals surface area contributed by atoms with Crippen molar-refractivity contribution < 1.29 is 32.9 Å². The maximum Gasteiger partial charge on any atom is 0.387 e. The van der Waals surface area contributed by atoms with E-state index in [0.29, 0.717) is 6.42 Å². The van der Waals surface area contributed by atoms with Crippen LogP contribution in [0.1, 0.15) is 29.6 Å². The third-order valence-corrected chi connectivity index (χ3v) is 3.74. The topological polar surface area (TPSA) is 65.0 Å². The molecule has 1 aromatic carbocycles. The van der Waals surface area contributed by atoms with Crippen molar-refractivity contribution in [2.24, 2.45) is 0 Å². The van der Waals surface area contributed by atoms with Gasteiger partial charge in [0.15, 0.2) is 11.5 Å².